The molecular weight excluding hydrogens is 294 g/mol. The van der Waals surface area contributed by atoms with Crippen LogP contribution in [0.2, 0.25) is 0 Å². The van der Waals surface area contributed by atoms with Gasteiger partial charge in [0.2, 0.25) is 0 Å². The number of nitrogens with one attached hydrogen (secondary N) is 1. The molecule has 1 nitrogen and oxygen atoms in total. The van der Waals surface area contributed by atoms with Crippen molar-refractivity contribution < 1.29 is 0 Å². The molecule has 0 atom stereocenters. The minimum atomic E-state index is 0.960. The average molecular weight is 310 g/mol. The molecule has 0 spiro atoms. The molecule has 0 fully saturated rings. The number of hydrogen-bond donors (Lipinski definition) is 1. The van der Waals surface area contributed by atoms with E-state index >= 15 is 0 Å². The number of benzene rings is 1. The second-order valence-corrected chi connectivity index (χ2v) is 6.61. The lowest BCUT2D eigenvalue weighted by molar-refractivity contribution is 0.692. The van der Waals surface area contributed by atoms with Gasteiger partial charge in [-0.1, -0.05) is 24.3 Å². The maximum absolute atomic E-state index is 3.48. The Morgan fingerprint density at radius 2 is 2.00 bits per heavy atom. The van der Waals surface area contributed by atoms with E-state index in [1.807, 2.05) is 0 Å². The quantitative estimate of drug-likeness (QED) is 0.818. The van der Waals surface area contributed by atoms with Crippen LogP contribution in [-0.4, -0.2) is 6.54 Å². The molecule has 17 heavy (non-hydrogen) atoms. The van der Waals surface area contributed by atoms with Crippen LogP contribution in [0, 0.1) is 6.92 Å². The normalized spacial score (nSPS) is 10.7. The van der Waals surface area contributed by atoms with E-state index in [4.69, 9.17) is 0 Å². The zero-order chi connectivity index (χ0) is 12.1. The third-order valence-corrected chi connectivity index (χ3v) is 4.38. The van der Waals surface area contributed by atoms with Gasteiger partial charge in [0.15, 0.2) is 0 Å². The molecule has 0 aliphatic carbocycles. The van der Waals surface area contributed by atoms with Gasteiger partial charge in [0.1, 0.15) is 0 Å². The Morgan fingerprint density at radius 1 is 1.18 bits per heavy atom. The number of thiophene rings is 1. The van der Waals surface area contributed by atoms with E-state index in [-0.39, 0.29) is 0 Å². The number of rotatable bonds is 5. The van der Waals surface area contributed by atoms with Crippen LogP contribution in [0.3, 0.4) is 0 Å². The first kappa shape index (κ1) is 12.8. The molecule has 0 aliphatic rings. The molecule has 2 aromatic rings. The predicted molar refractivity (Wildman–Crippen MR) is 78.6 cm³/mol. The van der Waals surface area contributed by atoms with Gasteiger partial charge in [-0.15, -0.1) is 11.3 Å². The summed E-state index contributed by atoms with van der Waals surface area (Å²) in [6, 6.07) is 12.8. The first-order valence-electron chi connectivity index (χ1n) is 5.75. The van der Waals surface area contributed by atoms with E-state index in [0.717, 1.165) is 19.5 Å². The van der Waals surface area contributed by atoms with Crippen molar-refractivity contribution in [2.24, 2.45) is 0 Å². The van der Waals surface area contributed by atoms with Crippen molar-refractivity contribution >= 4 is 27.3 Å². The van der Waals surface area contributed by atoms with Crippen molar-refractivity contribution in [1.82, 2.24) is 5.32 Å². The second-order valence-electron chi connectivity index (χ2n) is 4.06. The van der Waals surface area contributed by atoms with Crippen LogP contribution in [0.15, 0.2) is 40.2 Å². The first-order chi connectivity index (χ1) is 8.25. The fourth-order valence-corrected chi connectivity index (χ4v) is 3.22. The molecule has 3 heteroatoms. The van der Waals surface area contributed by atoms with Gasteiger partial charge in [-0.05, 0) is 59.1 Å². The lowest BCUT2D eigenvalue weighted by Gasteiger charge is -2.06. The highest BCUT2D eigenvalue weighted by molar-refractivity contribution is 9.11. The van der Waals surface area contributed by atoms with E-state index in [2.05, 4.69) is 64.6 Å². The van der Waals surface area contributed by atoms with Gasteiger partial charge in [-0.3, -0.25) is 0 Å². The fourth-order valence-electron chi connectivity index (χ4n) is 1.77. The van der Waals surface area contributed by atoms with Gasteiger partial charge in [0.05, 0.1) is 3.79 Å². The van der Waals surface area contributed by atoms with E-state index in [1.54, 1.807) is 11.3 Å². The third kappa shape index (κ3) is 3.95. The molecule has 1 aromatic heterocycles. The van der Waals surface area contributed by atoms with Crippen LogP contribution in [0.25, 0.3) is 0 Å². The van der Waals surface area contributed by atoms with Crippen LogP contribution in [0.5, 0.6) is 0 Å². The van der Waals surface area contributed by atoms with Crippen LogP contribution in [-0.2, 0) is 13.0 Å². The summed E-state index contributed by atoms with van der Waals surface area (Å²) in [5, 5.41) is 3.48. The Bertz CT molecular complexity index is 479. The lowest BCUT2D eigenvalue weighted by Crippen LogP contribution is -2.16. The smallest absolute Gasteiger partial charge is 0.0701 e. The Hall–Kier alpha value is -0.640. The van der Waals surface area contributed by atoms with Gasteiger partial charge in [-0.2, -0.15) is 0 Å². The molecular formula is C14H16BrNS. The number of aryl methyl sites for hydroxylation is 1. The summed E-state index contributed by atoms with van der Waals surface area (Å²) in [4.78, 5) is 1.38. The van der Waals surface area contributed by atoms with E-state index in [1.165, 1.54) is 19.8 Å². The van der Waals surface area contributed by atoms with Crippen molar-refractivity contribution in [2.75, 3.05) is 6.54 Å². The summed E-state index contributed by atoms with van der Waals surface area (Å²) in [6.45, 7) is 4.16. The van der Waals surface area contributed by atoms with Gasteiger partial charge in [0.25, 0.3) is 0 Å². The Kier molecular flexibility index (Phi) is 4.77. The maximum Gasteiger partial charge on any atom is 0.0701 e. The highest BCUT2D eigenvalue weighted by Crippen LogP contribution is 2.21. The molecule has 0 amide bonds. The van der Waals surface area contributed by atoms with Crippen molar-refractivity contribution in [2.45, 2.75) is 19.9 Å². The fraction of sp³-hybridized carbons (Fsp3) is 0.286. The Balaban J connectivity index is 1.75. The Labute approximate surface area is 115 Å². The molecule has 90 valence electrons. The molecule has 1 N–H and O–H groups in total. The standard InChI is InChI=1S/C14H16BrNS/c1-11-4-2-3-5-12(11)8-9-16-10-13-6-7-14(15)17-13/h2-7,16H,8-10H2,1H3. The molecule has 0 unspecified atom stereocenters. The van der Waals surface area contributed by atoms with Crippen LogP contribution < -0.4 is 5.32 Å². The molecule has 0 saturated carbocycles. The van der Waals surface area contributed by atoms with Crippen molar-refractivity contribution in [3.8, 4) is 0 Å². The molecule has 0 bridgehead atoms. The van der Waals surface area contributed by atoms with Gasteiger partial charge >= 0.3 is 0 Å². The number of halogens is 1. The third-order valence-electron chi connectivity index (χ3n) is 2.76. The largest absolute Gasteiger partial charge is 0.312 e. The van der Waals surface area contributed by atoms with E-state index in [0.29, 0.717) is 0 Å². The summed E-state index contributed by atoms with van der Waals surface area (Å²) in [5.41, 5.74) is 2.82. The zero-order valence-electron chi connectivity index (χ0n) is 9.87. The lowest BCUT2D eigenvalue weighted by atomic mass is 10.1. The van der Waals surface area contributed by atoms with Crippen molar-refractivity contribution in [1.29, 1.82) is 0 Å². The summed E-state index contributed by atoms with van der Waals surface area (Å²) >= 11 is 5.27. The summed E-state index contributed by atoms with van der Waals surface area (Å²) in [5.74, 6) is 0. The summed E-state index contributed by atoms with van der Waals surface area (Å²) < 4.78 is 1.20. The van der Waals surface area contributed by atoms with Crippen molar-refractivity contribution in [3.63, 3.8) is 0 Å². The maximum atomic E-state index is 3.48. The zero-order valence-corrected chi connectivity index (χ0v) is 12.3. The van der Waals surface area contributed by atoms with E-state index < -0.39 is 0 Å². The molecule has 1 heterocycles. The molecule has 1 aromatic carbocycles. The van der Waals surface area contributed by atoms with Crippen LogP contribution in [0.1, 0.15) is 16.0 Å². The minimum Gasteiger partial charge on any atom is -0.312 e. The predicted octanol–water partition coefficient (Wildman–Crippen LogP) is 4.15. The molecule has 2 rings (SSSR count). The monoisotopic (exact) mass is 309 g/mol. The molecule has 0 saturated heterocycles. The molecule has 0 aliphatic heterocycles. The van der Waals surface area contributed by atoms with Gasteiger partial charge in [-0.25, -0.2) is 0 Å². The van der Waals surface area contributed by atoms with Crippen LogP contribution >= 0.6 is 27.3 Å². The summed E-state index contributed by atoms with van der Waals surface area (Å²) in [6.07, 6.45) is 1.10. The average Bonchev–Trinajstić information content (AvgIpc) is 2.73. The first-order valence-corrected chi connectivity index (χ1v) is 7.36. The molecule has 0 radical (unpaired) electrons. The van der Waals surface area contributed by atoms with Gasteiger partial charge < -0.3 is 5.32 Å². The highest BCUT2D eigenvalue weighted by atomic mass is 79.9. The van der Waals surface area contributed by atoms with Crippen LogP contribution in [0.4, 0.5) is 0 Å². The highest BCUT2D eigenvalue weighted by Gasteiger charge is 1.99. The summed E-state index contributed by atoms with van der Waals surface area (Å²) in [7, 11) is 0. The topological polar surface area (TPSA) is 12.0 Å². The van der Waals surface area contributed by atoms with Crippen molar-refractivity contribution in [3.05, 3.63) is 56.2 Å². The van der Waals surface area contributed by atoms with E-state index in [9.17, 15) is 0 Å². The minimum absolute atomic E-state index is 0.960. The van der Waals surface area contributed by atoms with Gasteiger partial charge in [0, 0.05) is 11.4 Å². The number of hydrogen-bond acceptors (Lipinski definition) is 2. The Morgan fingerprint density at radius 3 is 2.71 bits per heavy atom. The second kappa shape index (κ2) is 6.34. The SMILES string of the molecule is Cc1ccccc1CCNCc1ccc(Br)s1.